The van der Waals surface area contributed by atoms with Gasteiger partial charge in [-0.2, -0.15) is 18.4 Å². The minimum atomic E-state index is -4.55. The SMILES string of the molecule is CCSc1cc(C#N)ccc1C1NC(=O)N(c2cccc(C(F)(F)F)c2)C2=C1C(=O)CC2. The van der Waals surface area contributed by atoms with Crippen molar-refractivity contribution >= 4 is 29.3 Å². The van der Waals surface area contributed by atoms with Crippen LogP contribution in [0.15, 0.2) is 58.6 Å². The van der Waals surface area contributed by atoms with Gasteiger partial charge in [-0.15, -0.1) is 11.8 Å². The van der Waals surface area contributed by atoms with E-state index in [0.29, 0.717) is 22.4 Å². The third-order valence-electron chi connectivity index (χ3n) is 5.41. The van der Waals surface area contributed by atoms with Crippen LogP contribution in [0.1, 0.15) is 42.5 Å². The molecule has 1 aliphatic carbocycles. The molecule has 32 heavy (non-hydrogen) atoms. The molecule has 1 aliphatic heterocycles. The van der Waals surface area contributed by atoms with Gasteiger partial charge in [0.15, 0.2) is 5.78 Å². The fourth-order valence-electron chi connectivity index (χ4n) is 4.06. The van der Waals surface area contributed by atoms with Crippen molar-refractivity contribution in [3.63, 3.8) is 0 Å². The lowest BCUT2D eigenvalue weighted by Gasteiger charge is -2.35. The highest BCUT2D eigenvalue weighted by Crippen LogP contribution is 2.43. The topological polar surface area (TPSA) is 73.2 Å². The number of amides is 2. The Morgan fingerprint density at radius 1 is 1.19 bits per heavy atom. The predicted molar refractivity (Wildman–Crippen MR) is 114 cm³/mol. The predicted octanol–water partition coefficient (Wildman–Crippen LogP) is 5.58. The Labute approximate surface area is 186 Å². The smallest absolute Gasteiger partial charge is 0.326 e. The van der Waals surface area contributed by atoms with Gasteiger partial charge in [0, 0.05) is 22.6 Å². The van der Waals surface area contributed by atoms with Crippen LogP contribution in [0.5, 0.6) is 0 Å². The number of alkyl halides is 3. The molecule has 2 amide bonds. The van der Waals surface area contributed by atoms with E-state index in [4.69, 9.17) is 0 Å². The van der Waals surface area contributed by atoms with Gasteiger partial charge in [0.05, 0.1) is 28.9 Å². The van der Waals surface area contributed by atoms with E-state index in [0.717, 1.165) is 22.8 Å². The highest BCUT2D eigenvalue weighted by atomic mass is 32.2. The zero-order valence-corrected chi connectivity index (χ0v) is 17.8. The molecule has 0 saturated carbocycles. The van der Waals surface area contributed by atoms with E-state index in [1.807, 2.05) is 6.92 Å². The van der Waals surface area contributed by atoms with E-state index in [9.17, 15) is 28.0 Å². The summed E-state index contributed by atoms with van der Waals surface area (Å²) in [7, 11) is 0. The summed E-state index contributed by atoms with van der Waals surface area (Å²) in [6, 6.07) is 10.3. The molecule has 2 aromatic carbocycles. The van der Waals surface area contributed by atoms with Crippen LogP contribution in [0.2, 0.25) is 0 Å². The van der Waals surface area contributed by atoms with Crippen LogP contribution in [0.25, 0.3) is 0 Å². The van der Waals surface area contributed by atoms with Gasteiger partial charge in [0.1, 0.15) is 0 Å². The van der Waals surface area contributed by atoms with E-state index in [-0.39, 0.29) is 24.3 Å². The van der Waals surface area contributed by atoms with E-state index in [2.05, 4.69) is 11.4 Å². The van der Waals surface area contributed by atoms with Gasteiger partial charge >= 0.3 is 12.2 Å². The highest BCUT2D eigenvalue weighted by molar-refractivity contribution is 7.99. The Morgan fingerprint density at radius 3 is 2.66 bits per heavy atom. The van der Waals surface area contributed by atoms with Gasteiger partial charge in [0.2, 0.25) is 0 Å². The number of allylic oxidation sites excluding steroid dienone is 1. The average molecular weight is 457 g/mol. The van der Waals surface area contributed by atoms with Crippen molar-refractivity contribution in [2.24, 2.45) is 0 Å². The lowest BCUT2D eigenvalue weighted by atomic mass is 9.94. The summed E-state index contributed by atoms with van der Waals surface area (Å²) in [5.41, 5.74) is 1.13. The molecule has 2 aromatic rings. The number of halogens is 3. The second-order valence-corrected chi connectivity index (χ2v) is 8.65. The minimum absolute atomic E-state index is 0.0564. The molecule has 0 aromatic heterocycles. The molecule has 0 bridgehead atoms. The summed E-state index contributed by atoms with van der Waals surface area (Å²) in [4.78, 5) is 27.9. The third kappa shape index (κ3) is 3.86. The molecule has 0 saturated heterocycles. The Kier molecular flexibility index (Phi) is 5.73. The first-order valence-corrected chi connectivity index (χ1v) is 10.9. The molecule has 164 valence electrons. The summed E-state index contributed by atoms with van der Waals surface area (Å²) in [5.74, 6) is 0.567. The Morgan fingerprint density at radius 2 is 1.97 bits per heavy atom. The van der Waals surface area contributed by atoms with Crippen LogP contribution < -0.4 is 10.2 Å². The Balaban J connectivity index is 1.83. The second-order valence-electron chi connectivity index (χ2n) is 7.35. The van der Waals surface area contributed by atoms with E-state index in [1.54, 1.807) is 18.2 Å². The molecule has 9 heteroatoms. The van der Waals surface area contributed by atoms with Gasteiger partial charge < -0.3 is 5.32 Å². The molecule has 1 atom stereocenters. The largest absolute Gasteiger partial charge is 0.416 e. The van der Waals surface area contributed by atoms with Gasteiger partial charge in [-0.3, -0.25) is 9.69 Å². The van der Waals surface area contributed by atoms with Crippen molar-refractivity contribution in [3.05, 3.63) is 70.4 Å². The first kappa shape index (κ1) is 22.0. The number of benzene rings is 2. The molecule has 1 N–H and O–H groups in total. The number of hydrogen-bond acceptors (Lipinski definition) is 4. The highest BCUT2D eigenvalue weighted by Gasteiger charge is 2.42. The molecular weight excluding hydrogens is 439 g/mol. The first-order chi connectivity index (χ1) is 15.2. The second kappa shape index (κ2) is 8.36. The maximum Gasteiger partial charge on any atom is 0.416 e. The summed E-state index contributed by atoms with van der Waals surface area (Å²) < 4.78 is 39.6. The molecule has 0 spiro atoms. The number of rotatable bonds is 4. The van der Waals surface area contributed by atoms with Gasteiger partial charge in [-0.25, -0.2) is 4.79 Å². The number of carbonyl (C=O) groups is 2. The normalized spacial score (nSPS) is 18.5. The van der Waals surface area contributed by atoms with Gasteiger partial charge in [-0.05, 0) is 48.1 Å². The lowest BCUT2D eigenvalue weighted by molar-refractivity contribution is -0.137. The van der Waals surface area contributed by atoms with Crippen molar-refractivity contribution in [2.45, 2.75) is 36.9 Å². The standard InChI is InChI=1S/C23H18F3N3O2S/c1-2-32-19-10-13(12-27)6-7-16(19)21-20-17(8-9-18(20)30)29(22(31)28-21)15-5-3-4-14(11-15)23(24,25)26/h3-7,10-11,21H,2,8-9H2,1H3,(H,28,31). The zero-order valence-electron chi connectivity index (χ0n) is 17.0. The van der Waals surface area contributed by atoms with Gasteiger partial charge in [0.25, 0.3) is 0 Å². The average Bonchev–Trinajstić information content (AvgIpc) is 3.14. The monoisotopic (exact) mass is 457 g/mol. The summed E-state index contributed by atoms with van der Waals surface area (Å²) in [6.45, 7) is 1.95. The fraction of sp³-hybridized carbons (Fsp3) is 0.261. The number of ketones is 1. The Hall–Kier alpha value is -3.25. The van der Waals surface area contributed by atoms with Crippen LogP contribution in [0.4, 0.5) is 23.7 Å². The number of nitriles is 1. The quantitative estimate of drug-likeness (QED) is 0.609. The number of urea groups is 1. The minimum Gasteiger partial charge on any atom is -0.326 e. The number of Topliss-reactive ketones (excluding diaryl/α,β-unsaturated/α-hetero) is 1. The van der Waals surface area contributed by atoms with Crippen LogP contribution in [-0.4, -0.2) is 17.6 Å². The number of nitrogens with one attached hydrogen (secondary N) is 1. The lowest BCUT2D eigenvalue weighted by Crippen LogP contribution is -2.47. The van der Waals surface area contributed by atoms with E-state index >= 15 is 0 Å². The van der Waals surface area contributed by atoms with Crippen LogP contribution in [0.3, 0.4) is 0 Å². The number of hydrogen-bond donors (Lipinski definition) is 1. The fourth-order valence-corrected chi connectivity index (χ4v) is 4.93. The van der Waals surface area contributed by atoms with Crippen LogP contribution in [-0.2, 0) is 11.0 Å². The summed E-state index contributed by atoms with van der Waals surface area (Å²) in [5, 5.41) is 12.0. The van der Waals surface area contributed by atoms with Gasteiger partial charge in [-0.1, -0.05) is 19.1 Å². The molecule has 1 heterocycles. The van der Waals surface area contributed by atoms with Crippen LogP contribution >= 0.6 is 11.8 Å². The molecular formula is C23H18F3N3O2S. The third-order valence-corrected chi connectivity index (χ3v) is 6.37. The maximum absolute atomic E-state index is 13.2. The van der Waals surface area contributed by atoms with Crippen molar-refractivity contribution in [1.82, 2.24) is 5.32 Å². The number of anilines is 1. The summed E-state index contributed by atoms with van der Waals surface area (Å²) >= 11 is 1.49. The number of thioether (sulfide) groups is 1. The van der Waals surface area contributed by atoms with Crippen molar-refractivity contribution in [1.29, 1.82) is 5.26 Å². The molecule has 2 aliphatic rings. The van der Waals surface area contributed by atoms with Crippen LogP contribution in [0, 0.1) is 11.3 Å². The molecule has 4 rings (SSSR count). The first-order valence-electron chi connectivity index (χ1n) is 9.95. The van der Waals surface area contributed by atoms with Crippen molar-refractivity contribution < 1.29 is 22.8 Å². The zero-order chi connectivity index (χ0) is 23.0. The molecule has 0 radical (unpaired) electrons. The van der Waals surface area contributed by atoms with E-state index in [1.165, 1.54) is 28.8 Å². The molecule has 0 fully saturated rings. The Bertz CT molecular complexity index is 1180. The molecule has 5 nitrogen and oxygen atoms in total. The number of nitrogens with zero attached hydrogens (tertiary/aromatic N) is 2. The van der Waals surface area contributed by atoms with Crippen molar-refractivity contribution in [3.8, 4) is 6.07 Å². The van der Waals surface area contributed by atoms with E-state index < -0.39 is 23.8 Å². The van der Waals surface area contributed by atoms with Crippen molar-refractivity contribution in [2.75, 3.05) is 10.7 Å². The number of carbonyl (C=O) groups excluding carboxylic acids is 2. The maximum atomic E-state index is 13.2. The summed E-state index contributed by atoms with van der Waals surface area (Å²) in [6.07, 6.45) is -4.11. The molecule has 1 unspecified atom stereocenters.